The Kier molecular flexibility index (Phi) is 9.14. The molecule has 0 radical (unpaired) electrons. The van der Waals surface area contributed by atoms with Crippen molar-refractivity contribution in [3.63, 3.8) is 0 Å². The molecule has 0 N–H and O–H groups in total. The van der Waals surface area contributed by atoms with Gasteiger partial charge in [0, 0.05) is 33.2 Å². The number of aromatic nitrogens is 4. The van der Waals surface area contributed by atoms with Gasteiger partial charge in [-0.3, -0.25) is 0 Å². The van der Waals surface area contributed by atoms with Gasteiger partial charge in [0.25, 0.3) is 0 Å². The van der Waals surface area contributed by atoms with E-state index >= 15 is 0 Å². The molecule has 0 aliphatic heterocycles. The minimum atomic E-state index is 0.616. The largest absolute Gasteiger partial charge is 0.309 e. The number of rotatable bonds is 7. The van der Waals surface area contributed by atoms with E-state index in [4.69, 9.17) is 15.0 Å². The van der Waals surface area contributed by atoms with Crippen LogP contribution in [0.2, 0.25) is 0 Å². The molecule has 4 nitrogen and oxygen atoms in total. The molecule has 0 aliphatic rings. The maximum absolute atomic E-state index is 5.24. The third kappa shape index (κ3) is 6.65. The summed E-state index contributed by atoms with van der Waals surface area (Å²) in [5.41, 5.74) is 13.1. The van der Waals surface area contributed by atoms with E-state index in [2.05, 4.69) is 241 Å². The molecule has 4 heteroatoms. The molecule has 2 aromatic heterocycles. The molecule has 0 saturated heterocycles. The van der Waals surface area contributed by atoms with Crippen LogP contribution in [0.3, 0.4) is 0 Å². The molecule has 13 rings (SSSR count). The van der Waals surface area contributed by atoms with Crippen LogP contribution < -0.4 is 0 Å². The van der Waals surface area contributed by atoms with Crippen molar-refractivity contribution in [2.24, 2.45) is 0 Å². The molecule has 0 bridgehead atoms. The van der Waals surface area contributed by atoms with Crippen molar-refractivity contribution in [3.8, 4) is 73.2 Å². The van der Waals surface area contributed by atoms with Gasteiger partial charge in [0.1, 0.15) is 0 Å². The molecule has 0 amide bonds. The van der Waals surface area contributed by atoms with Gasteiger partial charge in [0.2, 0.25) is 0 Å². The predicted molar refractivity (Wildman–Crippen MR) is 279 cm³/mol. The van der Waals surface area contributed by atoms with Crippen molar-refractivity contribution >= 4 is 54.1 Å². The maximum atomic E-state index is 5.24. The van der Waals surface area contributed by atoms with E-state index in [9.17, 15) is 0 Å². The van der Waals surface area contributed by atoms with Gasteiger partial charge in [-0.15, -0.1) is 0 Å². The lowest BCUT2D eigenvalue weighted by atomic mass is 9.89. The van der Waals surface area contributed by atoms with Crippen LogP contribution in [0.4, 0.5) is 0 Å². The Balaban J connectivity index is 0.931. The van der Waals surface area contributed by atoms with E-state index in [1.165, 1.54) is 59.7 Å². The summed E-state index contributed by atoms with van der Waals surface area (Å²) in [6, 6.07) is 86.5. The summed E-state index contributed by atoms with van der Waals surface area (Å²) in [5, 5.41) is 9.89. The van der Waals surface area contributed by atoms with Gasteiger partial charge in [-0.2, -0.15) is 0 Å². The first-order chi connectivity index (χ1) is 33.2. The smallest absolute Gasteiger partial charge is 0.164 e. The number of benzene rings is 11. The Labute approximate surface area is 387 Å². The summed E-state index contributed by atoms with van der Waals surface area (Å²) in [5.74, 6) is 1.86. The molecule has 0 unspecified atom stereocenters. The molecule has 0 fully saturated rings. The van der Waals surface area contributed by atoms with Gasteiger partial charge in [-0.05, 0) is 96.0 Å². The van der Waals surface area contributed by atoms with E-state index in [0.717, 1.165) is 50.2 Å². The Morgan fingerprint density at radius 2 is 0.776 bits per heavy atom. The van der Waals surface area contributed by atoms with Crippen molar-refractivity contribution in [2.45, 2.75) is 0 Å². The molecule has 2 heterocycles. The molecule has 312 valence electrons. The monoisotopic (exact) mass is 852 g/mol. The van der Waals surface area contributed by atoms with Crippen LogP contribution in [0.15, 0.2) is 243 Å². The summed E-state index contributed by atoms with van der Waals surface area (Å²) in [6.45, 7) is 0. The highest BCUT2D eigenvalue weighted by molar-refractivity contribution is 6.20. The van der Waals surface area contributed by atoms with E-state index < -0.39 is 0 Å². The number of hydrogen-bond acceptors (Lipinski definition) is 3. The SMILES string of the molecule is c1ccc(-c2ccccc2-c2nc(-c3ccc(-c4ccc5c6ccccc6n(-c6ccccc6)c5c4)cc3)nc(-c3ccc(-c4c5ccccc5cc5c4ccc4ccccc45)cc3)n2)cc1. The summed E-state index contributed by atoms with van der Waals surface area (Å²) in [6.07, 6.45) is 0. The molecule has 0 atom stereocenters. The van der Waals surface area contributed by atoms with Crippen LogP contribution >= 0.6 is 0 Å². The normalized spacial score (nSPS) is 11.6. The molecule has 11 aromatic carbocycles. The number of fused-ring (bicyclic) bond motifs is 7. The van der Waals surface area contributed by atoms with Gasteiger partial charge >= 0.3 is 0 Å². The number of nitrogens with zero attached hydrogens (tertiary/aromatic N) is 4. The van der Waals surface area contributed by atoms with Crippen LogP contribution in [0.5, 0.6) is 0 Å². The lowest BCUT2D eigenvalue weighted by Gasteiger charge is -2.15. The van der Waals surface area contributed by atoms with Crippen LogP contribution in [0.1, 0.15) is 0 Å². The minimum absolute atomic E-state index is 0.616. The zero-order chi connectivity index (χ0) is 44.3. The van der Waals surface area contributed by atoms with Crippen molar-refractivity contribution in [1.29, 1.82) is 0 Å². The second-order valence-corrected chi connectivity index (χ2v) is 17.1. The number of hydrogen-bond donors (Lipinski definition) is 0. The standard InChI is InChI=1S/C63H40N4/c1-3-15-42(16-4-1)50-21-11-12-25-56(50)63-65-61(45-31-27-41(28-32-45)47-36-37-54-53-24-13-14-26-58(53)67(59(54)40-47)49-19-5-2-6-20-49)64-62(66-63)46-33-29-44(30-34-46)60-52-23-10-8-18-48(52)39-57-51-22-9-7-17-43(51)35-38-55(57)60/h1-40H. The van der Waals surface area contributed by atoms with E-state index in [-0.39, 0.29) is 0 Å². The predicted octanol–water partition coefficient (Wildman–Crippen LogP) is 16.4. The zero-order valence-electron chi connectivity index (χ0n) is 36.4. The Morgan fingerprint density at radius 3 is 1.52 bits per heavy atom. The van der Waals surface area contributed by atoms with Crippen LogP contribution in [-0.2, 0) is 0 Å². The molecular formula is C63H40N4. The first kappa shape index (κ1) is 38.5. The lowest BCUT2D eigenvalue weighted by Crippen LogP contribution is -2.01. The third-order valence-electron chi connectivity index (χ3n) is 13.3. The van der Waals surface area contributed by atoms with Crippen molar-refractivity contribution in [2.75, 3.05) is 0 Å². The second-order valence-electron chi connectivity index (χ2n) is 17.1. The Morgan fingerprint density at radius 1 is 0.254 bits per heavy atom. The van der Waals surface area contributed by atoms with Gasteiger partial charge in [-0.1, -0.05) is 212 Å². The van der Waals surface area contributed by atoms with Crippen molar-refractivity contribution in [3.05, 3.63) is 243 Å². The second kappa shape index (κ2) is 15.9. The first-order valence-electron chi connectivity index (χ1n) is 22.8. The topological polar surface area (TPSA) is 43.6 Å². The summed E-state index contributed by atoms with van der Waals surface area (Å²) in [7, 11) is 0. The summed E-state index contributed by atoms with van der Waals surface area (Å²) < 4.78 is 2.36. The first-order valence-corrected chi connectivity index (χ1v) is 22.8. The van der Waals surface area contributed by atoms with Crippen LogP contribution in [0.25, 0.3) is 127 Å². The van der Waals surface area contributed by atoms with Gasteiger partial charge < -0.3 is 4.57 Å². The lowest BCUT2D eigenvalue weighted by molar-refractivity contribution is 1.07. The fourth-order valence-electron chi connectivity index (χ4n) is 10.0. The highest BCUT2D eigenvalue weighted by Gasteiger charge is 2.18. The van der Waals surface area contributed by atoms with Gasteiger partial charge in [-0.25, -0.2) is 15.0 Å². The highest BCUT2D eigenvalue weighted by atomic mass is 15.0. The quantitative estimate of drug-likeness (QED) is 0.118. The van der Waals surface area contributed by atoms with E-state index in [0.29, 0.717) is 17.5 Å². The van der Waals surface area contributed by atoms with Gasteiger partial charge in [0.05, 0.1) is 11.0 Å². The van der Waals surface area contributed by atoms with Crippen LogP contribution in [0, 0.1) is 0 Å². The zero-order valence-corrected chi connectivity index (χ0v) is 36.4. The molecule has 0 spiro atoms. The van der Waals surface area contributed by atoms with Crippen molar-refractivity contribution in [1.82, 2.24) is 19.5 Å². The number of para-hydroxylation sites is 2. The molecular weight excluding hydrogens is 813 g/mol. The Bertz CT molecular complexity index is 4010. The molecule has 67 heavy (non-hydrogen) atoms. The third-order valence-corrected chi connectivity index (χ3v) is 13.3. The van der Waals surface area contributed by atoms with Crippen molar-refractivity contribution < 1.29 is 0 Å². The summed E-state index contributed by atoms with van der Waals surface area (Å²) >= 11 is 0. The fourth-order valence-corrected chi connectivity index (χ4v) is 10.0. The molecule has 13 aromatic rings. The average Bonchev–Trinajstić information content (AvgIpc) is 3.74. The maximum Gasteiger partial charge on any atom is 0.164 e. The van der Waals surface area contributed by atoms with Gasteiger partial charge in [0.15, 0.2) is 17.5 Å². The van der Waals surface area contributed by atoms with E-state index in [1.54, 1.807) is 0 Å². The van der Waals surface area contributed by atoms with Crippen LogP contribution in [-0.4, -0.2) is 19.5 Å². The molecule has 0 aliphatic carbocycles. The summed E-state index contributed by atoms with van der Waals surface area (Å²) in [4.78, 5) is 15.7. The van der Waals surface area contributed by atoms with E-state index in [1.807, 2.05) is 6.07 Å². The highest BCUT2D eigenvalue weighted by Crippen LogP contribution is 2.41. The molecule has 0 saturated carbocycles. The fraction of sp³-hybridized carbons (Fsp3) is 0. The minimum Gasteiger partial charge on any atom is -0.309 e. The average molecular weight is 853 g/mol. The Hall–Kier alpha value is -8.99.